The van der Waals surface area contributed by atoms with Crippen LogP contribution in [-0.4, -0.2) is 8.42 Å². The smallest absolute Gasteiger partial charge is 0.261 e. The van der Waals surface area contributed by atoms with Crippen LogP contribution in [0.3, 0.4) is 0 Å². The molecule has 2 rings (SSSR count). The van der Waals surface area contributed by atoms with Crippen LogP contribution in [-0.2, 0) is 10.0 Å². The summed E-state index contributed by atoms with van der Waals surface area (Å²) in [6.45, 7) is 1.79. The Kier molecular flexibility index (Phi) is 4.51. The highest BCUT2D eigenvalue weighted by atomic mass is 79.9. The van der Waals surface area contributed by atoms with Gasteiger partial charge in [-0.15, -0.1) is 0 Å². The maximum Gasteiger partial charge on any atom is 0.261 e. The molecule has 106 valence electrons. The molecule has 0 unspecified atom stereocenters. The van der Waals surface area contributed by atoms with Crippen LogP contribution >= 0.6 is 31.9 Å². The first-order valence-electron chi connectivity index (χ1n) is 5.53. The predicted octanol–water partition coefficient (Wildman–Crippen LogP) is 4.46. The molecule has 0 saturated carbocycles. The molecule has 7 heteroatoms. The largest absolute Gasteiger partial charge is 0.278 e. The third-order valence-corrected chi connectivity index (χ3v) is 5.56. The Hall–Kier alpha value is -0.920. The molecule has 0 radical (unpaired) electrons. The van der Waals surface area contributed by atoms with Crippen molar-refractivity contribution >= 4 is 47.6 Å². The van der Waals surface area contributed by atoms with E-state index in [0.717, 1.165) is 16.1 Å². The van der Waals surface area contributed by atoms with Gasteiger partial charge in [0.15, 0.2) is 0 Å². The summed E-state index contributed by atoms with van der Waals surface area (Å²) in [7, 11) is -3.76. The van der Waals surface area contributed by atoms with Crippen molar-refractivity contribution in [3.05, 3.63) is 56.7 Å². The van der Waals surface area contributed by atoms with Crippen LogP contribution in [0.5, 0.6) is 0 Å². The average Bonchev–Trinajstić information content (AvgIpc) is 2.36. The van der Waals surface area contributed by atoms with Gasteiger partial charge in [0.1, 0.15) is 5.82 Å². The number of halogens is 3. The van der Waals surface area contributed by atoms with Gasteiger partial charge in [-0.2, -0.15) is 0 Å². The summed E-state index contributed by atoms with van der Waals surface area (Å²) < 4.78 is 41.3. The molecule has 2 aromatic carbocycles. The highest BCUT2D eigenvalue weighted by molar-refractivity contribution is 9.11. The maximum atomic E-state index is 13.2. The summed E-state index contributed by atoms with van der Waals surface area (Å²) in [5.41, 5.74) is 0.955. The van der Waals surface area contributed by atoms with Gasteiger partial charge in [-0.05, 0) is 64.8 Å². The average molecular weight is 423 g/mol. The molecule has 1 N–H and O–H groups in total. The van der Waals surface area contributed by atoms with Crippen LogP contribution in [0.2, 0.25) is 0 Å². The van der Waals surface area contributed by atoms with Crippen LogP contribution in [0, 0.1) is 12.7 Å². The van der Waals surface area contributed by atoms with Crippen LogP contribution in [0.25, 0.3) is 0 Å². The van der Waals surface area contributed by atoms with Gasteiger partial charge in [-0.25, -0.2) is 12.8 Å². The summed E-state index contributed by atoms with van der Waals surface area (Å²) >= 11 is 6.49. The number of nitrogens with one attached hydrogen (secondary N) is 1. The van der Waals surface area contributed by atoms with Crippen LogP contribution in [0.4, 0.5) is 10.1 Å². The van der Waals surface area contributed by atoms with Crippen molar-refractivity contribution in [2.45, 2.75) is 11.8 Å². The fourth-order valence-electron chi connectivity index (χ4n) is 1.56. The molecule has 0 aliphatic rings. The lowest BCUT2D eigenvalue weighted by molar-refractivity contribution is 0.601. The standard InChI is InChI=1S/C13H10Br2FNO2S/c1-8-6-10(3-5-11(8)14)20(18,19)17-13-7-9(16)2-4-12(13)15/h2-7,17H,1H3. The Labute approximate surface area is 133 Å². The molecule has 0 heterocycles. The number of rotatable bonds is 3. The molecule has 20 heavy (non-hydrogen) atoms. The van der Waals surface area contributed by atoms with Gasteiger partial charge in [-0.3, -0.25) is 4.72 Å². The van der Waals surface area contributed by atoms with E-state index in [1.807, 2.05) is 0 Å². The minimum Gasteiger partial charge on any atom is -0.278 e. The number of aryl methyl sites for hydroxylation is 1. The highest BCUT2D eigenvalue weighted by Gasteiger charge is 2.16. The lowest BCUT2D eigenvalue weighted by Crippen LogP contribution is -2.13. The molecular weight excluding hydrogens is 413 g/mol. The Morgan fingerprint density at radius 3 is 2.35 bits per heavy atom. The third kappa shape index (κ3) is 3.39. The van der Waals surface area contributed by atoms with Crippen molar-refractivity contribution in [3.8, 4) is 0 Å². The predicted molar refractivity (Wildman–Crippen MR) is 83.8 cm³/mol. The Morgan fingerprint density at radius 2 is 1.70 bits per heavy atom. The van der Waals surface area contributed by atoms with Crippen LogP contribution in [0.1, 0.15) is 5.56 Å². The number of hydrogen-bond acceptors (Lipinski definition) is 2. The third-order valence-electron chi connectivity index (χ3n) is 2.61. The van der Waals surface area contributed by atoms with Crippen molar-refractivity contribution in [3.63, 3.8) is 0 Å². The van der Waals surface area contributed by atoms with Gasteiger partial charge in [0.2, 0.25) is 0 Å². The van der Waals surface area contributed by atoms with E-state index < -0.39 is 15.8 Å². The monoisotopic (exact) mass is 421 g/mol. The van der Waals surface area contributed by atoms with E-state index in [9.17, 15) is 12.8 Å². The molecule has 2 aromatic rings. The lowest BCUT2D eigenvalue weighted by atomic mass is 10.2. The Balaban J connectivity index is 2.40. The second kappa shape index (κ2) is 5.83. The zero-order valence-electron chi connectivity index (χ0n) is 10.3. The molecular formula is C13H10Br2FNO2S. The second-order valence-electron chi connectivity index (χ2n) is 4.14. The molecule has 0 aliphatic heterocycles. The van der Waals surface area contributed by atoms with Crippen molar-refractivity contribution in [1.29, 1.82) is 0 Å². The zero-order valence-corrected chi connectivity index (χ0v) is 14.3. The van der Waals surface area contributed by atoms with Crippen LogP contribution < -0.4 is 4.72 Å². The van der Waals surface area contributed by atoms with E-state index in [4.69, 9.17) is 0 Å². The number of hydrogen-bond donors (Lipinski definition) is 1. The molecule has 0 aromatic heterocycles. The van der Waals surface area contributed by atoms with Gasteiger partial charge >= 0.3 is 0 Å². The topological polar surface area (TPSA) is 46.2 Å². The van der Waals surface area contributed by atoms with Crippen molar-refractivity contribution in [1.82, 2.24) is 0 Å². The van der Waals surface area contributed by atoms with E-state index in [1.54, 1.807) is 19.1 Å². The molecule has 0 spiro atoms. The van der Waals surface area contributed by atoms with Crippen molar-refractivity contribution < 1.29 is 12.8 Å². The zero-order chi connectivity index (χ0) is 14.9. The van der Waals surface area contributed by atoms with Gasteiger partial charge in [0.25, 0.3) is 10.0 Å². The minimum atomic E-state index is -3.76. The fourth-order valence-corrected chi connectivity index (χ4v) is 3.44. The molecule has 3 nitrogen and oxygen atoms in total. The molecule has 0 bridgehead atoms. The molecule has 0 fully saturated rings. The van der Waals surface area contributed by atoms with E-state index in [0.29, 0.717) is 4.47 Å². The molecule has 0 atom stereocenters. The summed E-state index contributed by atoms with van der Waals surface area (Å²) in [6.07, 6.45) is 0. The summed E-state index contributed by atoms with van der Waals surface area (Å²) in [5.74, 6) is -0.516. The number of benzene rings is 2. The molecule has 0 aliphatic carbocycles. The number of anilines is 1. The van der Waals surface area contributed by atoms with Gasteiger partial charge < -0.3 is 0 Å². The fraction of sp³-hybridized carbons (Fsp3) is 0.0769. The first kappa shape index (κ1) is 15.5. The van der Waals surface area contributed by atoms with E-state index in [1.165, 1.54) is 18.2 Å². The quantitative estimate of drug-likeness (QED) is 0.793. The Morgan fingerprint density at radius 1 is 1.05 bits per heavy atom. The van der Waals surface area contributed by atoms with E-state index >= 15 is 0 Å². The summed E-state index contributed by atoms with van der Waals surface area (Å²) in [5, 5.41) is 0. The normalized spacial score (nSPS) is 11.4. The highest BCUT2D eigenvalue weighted by Crippen LogP contribution is 2.27. The lowest BCUT2D eigenvalue weighted by Gasteiger charge is -2.11. The maximum absolute atomic E-state index is 13.2. The minimum absolute atomic E-state index is 0.120. The van der Waals surface area contributed by atoms with E-state index in [2.05, 4.69) is 36.6 Å². The number of sulfonamides is 1. The van der Waals surface area contributed by atoms with Gasteiger partial charge in [0.05, 0.1) is 10.6 Å². The SMILES string of the molecule is Cc1cc(S(=O)(=O)Nc2cc(F)ccc2Br)ccc1Br. The molecule has 0 saturated heterocycles. The second-order valence-corrected chi connectivity index (χ2v) is 7.53. The van der Waals surface area contributed by atoms with Gasteiger partial charge in [0, 0.05) is 8.95 Å². The van der Waals surface area contributed by atoms with Crippen molar-refractivity contribution in [2.24, 2.45) is 0 Å². The van der Waals surface area contributed by atoms with Crippen LogP contribution in [0.15, 0.2) is 50.2 Å². The van der Waals surface area contributed by atoms with Gasteiger partial charge in [-0.1, -0.05) is 15.9 Å². The first-order valence-corrected chi connectivity index (χ1v) is 8.60. The van der Waals surface area contributed by atoms with Crippen molar-refractivity contribution in [2.75, 3.05) is 4.72 Å². The first-order chi connectivity index (χ1) is 9.29. The summed E-state index contributed by atoms with van der Waals surface area (Å²) in [6, 6.07) is 8.48. The summed E-state index contributed by atoms with van der Waals surface area (Å²) in [4.78, 5) is 0.120. The Bertz CT molecular complexity index is 763. The molecule has 0 amide bonds. The van der Waals surface area contributed by atoms with E-state index in [-0.39, 0.29) is 10.6 Å².